The van der Waals surface area contributed by atoms with E-state index >= 15 is 0 Å². The van der Waals surface area contributed by atoms with E-state index in [0.717, 1.165) is 25.9 Å². The minimum atomic E-state index is -1.16. The number of rotatable bonds is 7. The molecule has 0 bridgehead atoms. The Hall–Kier alpha value is -1.67. The van der Waals surface area contributed by atoms with Crippen molar-refractivity contribution in [2.24, 2.45) is 5.73 Å². The molecule has 0 aliphatic carbocycles. The van der Waals surface area contributed by atoms with Crippen LogP contribution in [0.15, 0.2) is 0 Å². The van der Waals surface area contributed by atoms with Crippen molar-refractivity contribution in [3.8, 4) is 0 Å². The molecular weight excluding hydrogens is 278 g/mol. The van der Waals surface area contributed by atoms with Crippen LogP contribution >= 0.6 is 0 Å². The van der Waals surface area contributed by atoms with Crippen molar-refractivity contribution < 1.29 is 24.2 Å². The van der Waals surface area contributed by atoms with Crippen LogP contribution in [0, 0.1) is 0 Å². The van der Waals surface area contributed by atoms with Crippen LogP contribution in [0.4, 0.5) is 0 Å². The molecule has 1 fully saturated rings. The standard InChI is InChI=1S/C13H23N3O5/c1-21-12(18)3-2-10(13(19)20)15-11(17)8-16-6-4-9(14)5-7-16/h9-10H,2-8,14H2,1H3,(H,15,17)(H,19,20)/t10-/m1/s1. The number of nitrogens with two attached hydrogens (primary N) is 1. The highest BCUT2D eigenvalue weighted by Crippen LogP contribution is 2.07. The summed E-state index contributed by atoms with van der Waals surface area (Å²) in [6.07, 6.45) is 1.63. The zero-order valence-corrected chi connectivity index (χ0v) is 12.2. The summed E-state index contributed by atoms with van der Waals surface area (Å²) in [5.41, 5.74) is 5.78. The van der Waals surface area contributed by atoms with Gasteiger partial charge in [-0.15, -0.1) is 0 Å². The molecule has 0 spiro atoms. The van der Waals surface area contributed by atoms with E-state index in [9.17, 15) is 14.4 Å². The average molecular weight is 301 g/mol. The van der Waals surface area contributed by atoms with E-state index in [2.05, 4.69) is 10.1 Å². The zero-order valence-electron chi connectivity index (χ0n) is 12.2. The average Bonchev–Trinajstić information content (AvgIpc) is 2.45. The van der Waals surface area contributed by atoms with E-state index in [1.165, 1.54) is 7.11 Å². The summed E-state index contributed by atoms with van der Waals surface area (Å²) in [4.78, 5) is 35.9. The minimum Gasteiger partial charge on any atom is -0.480 e. The van der Waals surface area contributed by atoms with E-state index in [0.29, 0.717) is 0 Å². The maximum atomic E-state index is 11.9. The molecule has 0 aromatic carbocycles. The molecule has 1 atom stereocenters. The molecule has 0 saturated carbocycles. The Morgan fingerprint density at radius 3 is 2.52 bits per heavy atom. The molecule has 0 radical (unpaired) electrons. The molecule has 0 aromatic rings. The second-order valence-electron chi connectivity index (χ2n) is 5.19. The number of carboxylic acids is 1. The summed E-state index contributed by atoms with van der Waals surface area (Å²) in [6.45, 7) is 1.61. The molecule has 8 heteroatoms. The second kappa shape index (κ2) is 8.58. The van der Waals surface area contributed by atoms with Crippen molar-refractivity contribution in [2.75, 3.05) is 26.7 Å². The van der Waals surface area contributed by atoms with Crippen molar-refractivity contribution >= 4 is 17.8 Å². The highest BCUT2D eigenvalue weighted by molar-refractivity contribution is 5.85. The van der Waals surface area contributed by atoms with Crippen LogP contribution in [-0.4, -0.2) is 66.7 Å². The van der Waals surface area contributed by atoms with Crippen LogP contribution in [0.25, 0.3) is 0 Å². The number of piperidine rings is 1. The Kier molecular flexibility index (Phi) is 7.10. The molecule has 8 nitrogen and oxygen atoms in total. The summed E-state index contributed by atoms with van der Waals surface area (Å²) in [5, 5.41) is 11.5. The lowest BCUT2D eigenvalue weighted by Gasteiger charge is -2.29. The van der Waals surface area contributed by atoms with Gasteiger partial charge in [-0.1, -0.05) is 0 Å². The number of carboxylic acid groups (broad SMARTS) is 1. The summed E-state index contributed by atoms with van der Waals surface area (Å²) < 4.78 is 4.45. The lowest BCUT2D eigenvalue weighted by Crippen LogP contribution is -2.48. The number of nitrogens with one attached hydrogen (secondary N) is 1. The van der Waals surface area contributed by atoms with Crippen molar-refractivity contribution in [2.45, 2.75) is 37.8 Å². The number of hydrogen-bond donors (Lipinski definition) is 3. The van der Waals surface area contributed by atoms with Gasteiger partial charge in [0.15, 0.2) is 0 Å². The largest absolute Gasteiger partial charge is 0.480 e. The first-order valence-electron chi connectivity index (χ1n) is 6.99. The molecular formula is C13H23N3O5. The van der Waals surface area contributed by atoms with Crippen LogP contribution in [0.5, 0.6) is 0 Å². The fourth-order valence-corrected chi connectivity index (χ4v) is 2.18. The van der Waals surface area contributed by atoms with Gasteiger partial charge in [0.1, 0.15) is 6.04 Å². The minimum absolute atomic E-state index is 0.0125. The van der Waals surface area contributed by atoms with Gasteiger partial charge < -0.3 is 20.9 Å². The van der Waals surface area contributed by atoms with Gasteiger partial charge in [-0.2, -0.15) is 0 Å². The van der Waals surface area contributed by atoms with E-state index in [-0.39, 0.29) is 31.3 Å². The second-order valence-corrected chi connectivity index (χ2v) is 5.19. The third-order valence-electron chi connectivity index (χ3n) is 3.50. The molecule has 4 N–H and O–H groups in total. The fourth-order valence-electron chi connectivity index (χ4n) is 2.18. The van der Waals surface area contributed by atoms with E-state index < -0.39 is 18.0 Å². The van der Waals surface area contributed by atoms with E-state index in [1.807, 2.05) is 4.90 Å². The quantitative estimate of drug-likeness (QED) is 0.512. The predicted octanol–water partition coefficient (Wildman–Crippen LogP) is -1.07. The molecule has 0 aromatic heterocycles. The van der Waals surface area contributed by atoms with Gasteiger partial charge in [0, 0.05) is 25.6 Å². The first kappa shape index (κ1) is 17.4. The number of aliphatic carboxylic acids is 1. The Balaban J connectivity index is 2.38. The van der Waals surface area contributed by atoms with Crippen molar-refractivity contribution in [1.29, 1.82) is 0 Å². The number of likely N-dealkylation sites (tertiary alicyclic amines) is 1. The summed E-state index contributed by atoms with van der Waals surface area (Å²) in [5.74, 6) is -2.02. The molecule has 1 amide bonds. The van der Waals surface area contributed by atoms with Gasteiger partial charge in [0.2, 0.25) is 5.91 Å². The van der Waals surface area contributed by atoms with E-state index in [4.69, 9.17) is 10.8 Å². The van der Waals surface area contributed by atoms with Crippen molar-refractivity contribution in [3.05, 3.63) is 0 Å². The Bertz CT molecular complexity index is 380. The Labute approximate surface area is 123 Å². The summed E-state index contributed by atoms with van der Waals surface area (Å²) in [6, 6.07) is -0.903. The fraction of sp³-hybridized carbons (Fsp3) is 0.769. The number of ether oxygens (including phenoxy) is 1. The van der Waals surface area contributed by atoms with Crippen LogP contribution in [0.3, 0.4) is 0 Å². The monoisotopic (exact) mass is 301 g/mol. The molecule has 120 valence electrons. The highest BCUT2D eigenvalue weighted by atomic mass is 16.5. The summed E-state index contributed by atoms with van der Waals surface area (Å²) in [7, 11) is 1.23. The molecule has 1 saturated heterocycles. The van der Waals surface area contributed by atoms with Crippen molar-refractivity contribution in [3.63, 3.8) is 0 Å². The number of hydrogen-bond acceptors (Lipinski definition) is 6. The molecule has 1 aliphatic rings. The van der Waals surface area contributed by atoms with Crippen molar-refractivity contribution in [1.82, 2.24) is 10.2 Å². The number of carbonyl (C=O) groups excluding carboxylic acids is 2. The van der Waals surface area contributed by atoms with Gasteiger partial charge in [0.25, 0.3) is 0 Å². The molecule has 1 rings (SSSR count). The molecule has 21 heavy (non-hydrogen) atoms. The number of nitrogens with zero attached hydrogens (tertiary/aromatic N) is 1. The third kappa shape index (κ3) is 6.54. The molecule has 1 heterocycles. The number of esters is 1. The Morgan fingerprint density at radius 1 is 1.38 bits per heavy atom. The van der Waals surface area contributed by atoms with Crippen LogP contribution in [0.2, 0.25) is 0 Å². The zero-order chi connectivity index (χ0) is 15.8. The first-order chi connectivity index (χ1) is 9.92. The van der Waals surface area contributed by atoms with Crippen LogP contribution < -0.4 is 11.1 Å². The summed E-state index contributed by atoms with van der Waals surface area (Å²) >= 11 is 0. The lowest BCUT2D eigenvalue weighted by molar-refractivity contribution is -0.144. The van der Waals surface area contributed by atoms with Crippen LogP contribution in [-0.2, 0) is 19.1 Å². The van der Waals surface area contributed by atoms with Gasteiger partial charge in [-0.25, -0.2) is 4.79 Å². The first-order valence-corrected chi connectivity index (χ1v) is 6.99. The van der Waals surface area contributed by atoms with Crippen LogP contribution in [0.1, 0.15) is 25.7 Å². The smallest absolute Gasteiger partial charge is 0.326 e. The topological polar surface area (TPSA) is 122 Å². The number of carbonyl (C=O) groups is 3. The van der Waals surface area contributed by atoms with Gasteiger partial charge in [0.05, 0.1) is 13.7 Å². The third-order valence-corrected chi connectivity index (χ3v) is 3.50. The maximum absolute atomic E-state index is 11.9. The highest BCUT2D eigenvalue weighted by Gasteiger charge is 2.23. The lowest BCUT2D eigenvalue weighted by atomic mass is 10.1. The van der Waals surface area contributed by atoms with E-state index in [1.54, 1.807) is 0 Å². The maximum Gasteiger partial charge on any atom is 0.326 e. The normalized spacial score (nSPS) is 18.0. The van der Waals surface area contributed by atoms with Gasteiger partial charge >= 0.3 is 11.9 Å². The Morgan fingerprint density at radius 2 is 2.00 bits per heavy atom. The number of amides is 1. The van der Waals surface area contributed by atoms with Gasteiger partial charge in [-0.3, -0.25) is 14.5 Å². The molecule has 0 unspecified atom stereocenters. The van der Waals surface area contributed by atoms with Gasteiger partial charge in [-0.05, 0) is 19.3 Å². The molecule has 1 aliphatic heterocycles. The predicted molar refractivity (Wildman–Crippen MR) is 74.5 cm³/mol. The SMILES string of the molecule is COC(=O)CC[C@@H](NC(=O)CN1CCC(N)CC1)C(=O)O. The number of methoxy groups -OCH3 is 1.